The first-order valence-corrected chi connectivity index (χ1v) is 8.40. The molecule has 26 heavy (non-hydrogen) atoms. The molecule has 0 aliphatic rings. The standard InChI is InChI=1S/C19H20BrNO5/c1-23-15-7-5-11(10-14(15)21)17(22)13(20)9-12-6-8-16(24-2)19(26-4)18(12)25-3/h5-10H,21H2,1-4H3. The van der Waals surface area contributed by atoms with E-state index in [9.17, 15) is 4.79 Å². The lowest BCUT2D eigenvalue weighted by molar-refractivity contribution is 0.104. The molecule has 138 valence electrons. The van der Waals surface area contributed by atoms with E-state index in [0.717, 1.165) is 0 Å². The normalized spacial score (nSPS) is 11.0. The topological polar surface area (TPSA) is 80.0 Å². The number of nitrogens with two attached hydrogens (primary N) is 1. The molecule has 0 fully saturated rings. The molecule has 0 heterocycles. The monoisotopic (exact) mass is 421 g/mol. The largest absolute Gasteiger partial charge is 0.495 e. The maximum Gasteiger partial charge on any atom is 0.203 e. The van der Waals surface area contributed by atoms with Gasteiger partial charge in [0, 0.05) is 11.1 Å². The molecule has 0 atom stereocenters. The minimum atomic E-state index is -0.226. The van der Waals surface area contributed by atoms with E-state index in [-0.39, 0.29) is 5.78 Å². The highest BCUT2D eigenvalue weighted by atomic mass is 79.9. The Morgan fingerprint density at radius 3 is 2.08 bits per heavy atom. The number of Topliss-reactive ketones (excluding diaryl/α,β-unsaturated/α-hetero) is 1. The van der Waals surface area contributed by atoms with Crippen molar-refractivity contribution in [2.75, 3.05) is 34.2 Å². The van der Waals surface area contributed by atoms with Crippen molar-refractivity contribution in [1.82, 2.24) is 0 Å². The zero-order valence-electron chi connectivity index (χ0n) is 15.0. The lowest BCUT2D eigenvalue weighted by atomic mass is 10.1. The Kier molecular flexibility index (Phi) is 6.52. The smallest absolute Gasteiger partial charge is 0.203 e. The quantitative estimate of drug-likeness (QED) is 0.414. The summed E-state index contributed by atoms with van der Waals surface area (Å²) in [4.78, 5) is 12.7. The second-order valence-electron chi connectivity index (χ2n) is 5.20. The van der Waals surface area contributed by atoms with Crippen molar-refractivity contribution in [2.24, 2.45) is 0 Å². The van der Waals surface area contributed by atoms with Crippen LogP contribution in [0.2, 0.25) is 0 Å². The SMILES string of the molecule is COc1ccc(C(=O)C(Br)=Cc2ccc(OC)c(OC)c2OC)cc1N. The fourth-order valence-electron chi connectivity index (χ4n) is 2.45. The van der Waals surface area contributed by atoms with Crippen LogP contribution in [0.15, 0.2) is 34.8 Å². The van der Waals surface area contributed by atoms with E-state index >= 15 is 0 Å². The first kappa shape index (κ1) is 19.7. The van der Waals surface area contributed by atoms with E-state index in [1.165, 1.54) is 21.3 Å². The van der Waals surface area contributed by atoms with Gasteiger partial charge in [-0.05, 0) is 52.3 Å². The van der Waals surface area contributed by atoms with Crippen molar-refractivity contribution in [3.8, 4) is 23.0 Å². The molecule has 0 aliphatic carbocycles. The highest BCUT2D eigenvalue weighted by Crippen LogP contribution is 2.41. The number of hydrogen-bond donors (Lipinski definition) is 1. The number of anilines is 1. The third-order valence-electron chi connectivity index (χ3n) is 3.73. The average Bonchev–Trinajstić information content (AvgIpc) is 2.66. The van der Waals surface area contributed by atoms with Crippen LogP contribution in [-0.2, 0) is 0 Å². The van der Waals surface area contributed by atoms with Gasteiger partial charge in [0.25, 0.3) is 0 Å². The number of hydrogen-bond acceptors (Lipinski definition) is 6. The number of benzene rings is 2. The minimum absolute atomic E-state index is 0.226. The zero-order valence-corrected chi connectivity index (χ0v) is 16.5. The Balaban J connectivity index is 2.43. The third kappa shape index (κ3) is 3.94. The number of nitrogen functional groups attached to an aromatic ring is 1. The number of halogens is 1. The van der Waals surface area contributed by atoms with Crippen molar-refractivity contribution in [2.45, 2.75) is 0 Å². The first-order chi connectivity index (χ1) is 12.5. The van der Waals surface area contributed by atoms with Gasteiger partial charge in [-0.15, -0.1) is 0 Å². The van der Waals surface area contributed by atoms with E-state index in [2.05, 4.69) is 15.9 Å². The van der Waals surface area contributed by atoms with Crippen LogP contribution in [0.1, 0.15) is 15.9 Å². The van der Waals surface area contributed by atoms with Crippen LogP contribution in [0.3, 0.4) is 0 Å². The molecule has 0 saturated carbocycles. The number of ether oxygens (including phenoxy) is 4. The fraction of sp³-hybridized carbons (Fsp3) is 0.211. The predicted molar refractivity (Wildman–Crippen MR) is 105 cm³/mol. The van der Waals surface area contributed by atoms with Gasteiger partial charge in [0.15, 0.2) is 17.3 Å². The molecule has 0 saturated heterocycles. The summed E-state index contributed by atoms with van der Waals surface area (Å²) in [6, 6.07) is 8.39. The molecule has 0 amide bonds. The van der Waals surface area contributed by atoms with Gasteiger partial charge in [-0.1, -0.05) is 0 Å². The molecule has 2 aromatic carbocycles. The molecule has 6 nitrogen and oxygen atoms in total. The Morgan fingerprint density at radius 1 is 0.923 bits per heavy atom. The molecular weight excluding hydrogens is 402 g/mol. The van der Waals surface area contributed by atoms with Gasteiger partial charge in [0.1, 0.15) is 5.75 Å². The Hall–Kier alpha value is -2.67. The predicted octanol–water partition coefficient (Wildman–Crippen LogP) is 3.92. The van der Waals surface area contributed by atoms with Crippen molar-refractivity contribution >= 4 is 33.5 Å². The van der Waals surface area contributed by atoms with Crippen LogP contribution < -0.4 is 24.7 Å². The summed E-state index contributed by atoms with van der Waals surface area (Å²) in [5.74, 6) is 1.74. The number of methoxy groups -OCH3 is 4. The highest BCUT2D eigenvalue weighted by Gasteiger charge is 2.17. The molecular formula is C19H20BrNO5. The zero-order chi connectivity index (χ0) is 19.3. The second-order valence-corrected chi connectivity index (χ2v) is 6.06. The van der Waals surface area contributed by atoms with Gasteiger partial charge in [-0.2, -0.15) is 0 Å². The molecule has 7 heteroatoms. The number of carbonyl (C=O) groups excluding carboxylic acids is 1. The molecule has 0 aliphatic heterocycles. The first-order valence-electron chi connectivity index (χ1n) is 7.61. The van der Waals surface area contributed by atoms with Crippen LogP contribution >= 0.6 is 15.9 Å². The lowest BCUT2D eigenvalue weighted by Gasteiger charge is -2.14. The Labute approximate surface area is 160 Å². The molecule has 0 bridgehead atoms. The van der Waals surface area contributed by atoms with Crippen LogP contribution in [-0.4, -0.2) is 34.2 Å². The van der Waals surface area contributed by atoms with Crippen molar-refractivity contribution < 1.29 is 23.7 Å². The summed E-state index contributed by atoms with van der Waals surface area (Å²) >= 11 is 3.33. The summed E-state index contributed by atoms with van der Waals surface area (Å²) in [6.07, 6.45) is 1.66. The minimum Gasteiger partial charge on any atom is -0.495 e. The van der Waals surface area contributed by atoms with E-state index in [1.807, 2.05) is 0 Å². The average molecular weight is 422 g/mol. The van der Waals surface area contributed by atoms with Gasteiger partial charge < -0.3 is 24.7 Å². The van der Waals surface area contributed by atoms with Gasteiger partial charge >= 0.3 is 0 Å². The number of carbonyl (C=O) groups is 1. The summed E-state index contributed by atoms with van der Waals surface area (Å²) in [5, 5.41) is 0. The van der Waals surface area contributed by atoms with Crippen LogP contribution in [0.4, 0.5) is 5.69 Å². The molecule has 2 rings (SSSR count). The van der Waals surface area contributed by atoms with Gasteiger partial charge in [0.05, 0.1) is 38.6 Å². The van der Waals surface area contributed by atoms with E-state index in [0.29, 0.717) is 44.3 Å². The van der Waals surface area contributed by atoms with Gasteiger partial charge in [-0.25, -0.2) is 0 Å². The molecule has 0 radical (unpaired) electrons. The third-order valence-corrected chi connectivity index (χ3v) is 4.31. The molecule has 0 unspecified atom stereocenters. The van der Waals surface area contributed by atoms with Gasteiger partial charge in [-0.3, -0.25) is 4.79 Å². The molecule has 0 spiro atoms. The van der Waals surface area contributed by atoms with E-state index in [1.54, 1.807) is 43.5 Å². The maximum absolute atomic E-state index is 12.7. The van der Waals surface area contributed by atoms with E-state index < -0.39 is 0 Å². The van der Waals surface area contributed by atoms with Crippen LogP contribution in [0.25, 0.3) is 6.08 Å². The summed E-state index contributed by atoms with van der Waals surface area (Å²) < 4.78 is 21.5. The molecule has 2 aromatic rings. The molecule has 0 aromatic heterocycles. The fourth-order valence-corrected chi connectivity index (χ4v) is 2.93. The Morgan fingerprint density at radius 2 is 1.54 bits per heavy atom. The maximum atomic E-state index is 12.7. The van der Waals surface area contributed by atoms with Crippen molar-refractivity contribution in [1.29, 1.82) is 0 Å². The van der Waals surface area contributed by atoms with Crippen molar-refractivity contribution in [3.05, 3.63) is 45.9 Å². The second kappa shape index (κ2) is 8.62. The Bertz CT molecular complexity index is 848. The van der Waals surface area contributed by atoms with E-state index in [4.69, 9.17) is 24.7 Å². The summed E-state index contributed by atoms with van der Waals surface area (Å²) in [5.41, 5.74) is 7.36. The number of allylic oxidation sites excluding steroid dienone is 1. The van der Waals surface area contributed by atoms with Crippen LogP contribution in [0, 0.1) is 0 Å². The highest BCUT2D eigenvalue weighted by molar-refractivity contribution is 9.12. The lowest BCUT2D eigenvalue weighted by Crippen LogP contribution is -2.02. The number of rotatable bonds is 7. The summed E-state index contributed by atoms with van der Waals surface area (Å²) in [6.45, 7) is 0. The van der Waals surface area contributed by atoms with Gasteiger partial charge in [0.2, 0.25) is 5.75 Å². The number of ketones is 1. The van der Waals surface area contributed by atoms with Crippen molar-refractivity contribution in [3.63, 3.8) is 0 Å². The molecule has 2 N–H and O–H groups in total. The van der Waals surface area contributed by atoms with Crippen LogP contribution in [0.5, 0.6) is 23.0 Å². The summed E-state index contributed by atoms with van der Waals surface area (Å²) in [7, 11) is 6.11.